The summed E-state index contributed by atoms with van der Waals surface area (Å²) in [4.78, 5) is 0. The lowest BCUT2D eigenvalue weighted by molar-refractivity contribution is 0.311. The molecule has 0 saturated heterocycles. The first-order chi connectivity index (χ1) is 8.36. The molecule has 104 valence electrons. The third kappa shape index (κ3) is 11.1. The van der Waals surface area contributed by atoms with E-state index in [1.807, 2.05) is 24.3 Å². The van der Waals surface area contributed by atoms with Crippen molar-refractivity contribution < 1.29 is 27.4 Å². The zero-order valence-electron chi connectivity index (χ0n) is 9.48. The molecule has 0 radical (unpaired) electrons. The van der Waals surface area contributed by atoms with Gasteiger partial charge in [-0.25, -0.2) is 0 Å². The van der Waals surface area contributed by atoms with Crippen LogP contribution in [-0.2, 0) is 10.4 Å². The molecule has 0 heterocycles. The van der Waals surface area contributed by atoms with E-state index in [2.05, 4.69) is 5.32 Å². The first-order valence-electron chi connectivity index (χ1n) is 4.84. The first kappa shape index (κ1) is 16.6. The molecule has 0 bridgehead atoms. The van der Waals surface area contributed by atoms with Gasteiger partial charge in [-0.15, -0.1) is 0 Å². The van der Waals surface area contributed by atoms with Crippen LogP contribution >= 0.6 is 0 Å². The maximum absolute atomic E-state index is 8.74. The normalized spacial score (nSPS) is 10.2. The standard InChI is InChI=1S/C9H14N2O2.H2O4S/c10-7-13-9-3-1-8(2-4-9)11-5-6-12;1-5(2,3)4/h1-4,11-12H,5-7,10H2;(H2,1,2,3,4). The minimum absolute atomic E-state index is 0.126. The number of anilines is 1. The number of hydrogen-bond acceptors (Lipinski definition) is 6. The lowest BCUT2D eigenvalue weighted by atomic mass is 10.3. The number of aliphatic hydroxyl groups is 1. The molecule has 8 nitrogen and oxygen atoms in total. The van der Waals surface area contributed by atoms with Crippen LogP contribution in [0.4, 0.5) is 5.69 Å². The average Bonchev–Trinajstić information content (AvgIpc) is 2.26. The summed E-state index contributed by atoms with van der Waals surface area (Å²) in [6, 6.07) is 7.40. The Labute approximate surface area is 105 Å². The molecule has 0 aliphatic heterocycles. The van der Waals surface area contributed by atoms with E-state index in [-0.39, 0.29) is 13.3 Å². The Bertz CT molecular complexity index is 411. The van der Waals surface area contributed by atoms with E-state index in [1.54, 1.807) is 0 Å². The van der Waals surface area contributed by atoms with Crippen molar-refractivity contribution in [2.24, 2.45) is 5.73 Å². The van der Waals surface area contributed by atoms with Crippen LogP contribution in [0.3, 0.4) is 0 Å². The van der Waals surface area contributed by atoms with Crippen LogP contribution < -0.4 is 15.8 Å². The van der Waals surface area contributed by atoms with Crippen molar-refractivity contribution in [2.75, 3.05) is 25.2 Å². The van der Waals surface area contributed by atoms with E-state index in [4.69, 9.17) is 33.1 Å². The summed E-state index contributed by atoms with van der Waals surface area (Å²) in [6.07, 6.45) is 0. The molecule has 0 spiro atoms. The number of nitrogens with two attached hydrogens (primary N) is 1. The minimum Gasteiger partial charge on any atom is -0.479 e. The second-order valence-corrected chi connectivity index (χ2v) is 3.83. The third-order valence-electron chi connectivity index (χ3n) is 1.55. The molecule has 9 heteroatoms. The molecule has 0 fully saturated rings. The zero-order valence-corrected chi connectivity index (χ0v) is 10.3. The third-order valence-corrected chi connectivity index (χ3v) is 1.55. The topological polar surface area (TPSA) is 142 Å². The molecule has 0 aliphatic rings. The zero-order chi connectivity index (χ0) is 14.0. The van der Waals surface area contributed by atoms with Gasteiger partial charge in [0.25, 0.3) is 0 Å². The quantitative estimate of drug-likeness (QED) is 0.366. The van der Waals surface area contributed by atoms with E-state index in [0.717, 1.165) is 11.4 Å². The van der Waals surface area contributed by atoms with Crippen LogP contribution in [0.15, 0.2) is 24.3 Å². The molecule has 1 rings (SSSR count). The second kappa shape index (κ2) is 8.66. The summed E-state index contributed by atoms with van der Waals surface area (Å²) < 4.78 is 36.6. The Morgan fingerprint density at radius 3 is 2.11 bits per heavy atom. The molecule has 1 aromatic rings. The number of nitrogens with one attached hydrogen (secondary N) is 1. The van der Waals surface area contributed by atoms with E-state index < -0.39 is 10.4 Å². The van der Waals surface area contributed by atoms with Crippen LogP contribution in [0, 0.1) is 0 Å². The Hall–Kier alpha value is -1.39. The molecular weight excluding hydrogens is 264 g/mol. The van der Waals surface area contributed by atoms with Crippen LogP contribution in [0.1, 0.15) is 0 Å². The highest BCUT2D eigenvalue weighted by atomic mass is 32.3. The first-order valence-corrected chi connectivity index (χ1v) is 6.24. The average molecular weight is 280 g/mol. The van der Waals surface area contributed by atoms with E-state index >= 15 is 0 Å². The summed E-state index contributed by atoms with van der Waals surface area (Å²) >= 11 is 0. The largest absolute Gasteiger partial charge is 0.479 e. The Morgan fingerprint density at radius 2 is 1.72 bits per heavy atom. The fraction of sp³-hybridized carbons (Fsp3) is 0.333. The lowest BCUT2D eigenvalue weighted by Crippen LogP contribution is -2.07. The predicted octanol–water partition coefficient (Wildman–Crippen LogP) is -0.267. The molecule has 0 aromatic heterocycles. The molecule has 0 amide bonds. The van der Waals surface area contributed by atoms with Crippen molar-refractivity contribution in [1.82, 2.24) is 0 Å². The minimum atomic E-state index is -4.67. The summed E-state index contributed by atoms with van der Waals surface area (Å²) in [6.45, 7) is 0.863. The highest BCUT2D eigenvalue weighted by Crippen LogP contribution is 2.14. The summed E-state index contributed by atoms with van der Waals surface area (Å²) in [5.74, 6) is 0.747. The van der Waals surface area contributed by atoms with E-state index in [0.29, 0.717) is 6.54 Å². The van der Waals surface area contributed by atoms with Crippen LogP contribution in [0.25, 0.3) is 0 Å². The summed E-state index contributed by atoms with van der Waals surface area (Å²) in [5, 5.41) is 11.6. The van der Waals surface area contributed by atoms with Gasteiger partial charge in [0.05, 0.1) is 6.61 Å². The SMILES string of the molecule is NCOc1ccc(NCCO)cc1.O=S(=O)(O)O. The lowest BCUT2D eigenvalue weighted by Gasteiger charge is -2.06. The van der Waals surface area contributed by atoms with Crippen molar-refractivity contribution in [3.8, 4) is 5.75 Å². The van der Waals surface area contributed by atoms with Gasteiger partial charge in [0.1, 0.15) is 12.5 Å². The highest BCUT2D eigenvalue weighted by molar-refractivity contribution is 7.79. The molecule has 6 N–H and O–H groups in total. The van der Waals surface area contributed by atoms with Crippen LogP contribution in [0.5, 0.6) is 5.75 Å². The summed E-state index contributed by atoms with van der Waals surface area (Å²) in [7, 11) is -4.67. The van der Waals surface area contributed by atoms with Gasteiger partial charge in [-0.3, -0.25) is 14.8 Å². The molecule has 0 aliphatic carbocycles. The van der Waals surface area contributed by atoms with Gasteiger partial charge in [0, 0.05) is 12.2 Å². The molecule has 18 heavy (non-hydrogen) atoms. The number of hydrogen-bond donors (Lipinski definition) is 5. The monoisotopic (exact) mass is 280 g/mol. The van der Waals surface area contributed by atoms with Gasteiger partial charge < -0.3 is 15.2 Å². The molecule has 0 unspecified atom stereocenters. The van der Waals surface area contributed by atoms with Crippen LogP contribution in [-0.4, -0.2) is 42.5 Å². The van der Waals surface area contributed by atoms with Crippen molar-refractivity contribution >= 4 is 16.1 Å². The molecule has 0 saturated carbocycles. The number of ether oxygens (including phenoxy) is 1. The van der Waals surface area contributed by atoms with Gasteiger partial charge in [-0.05, 0) is 24.3 Å². The second-order valence-electron chi connectivity index (χ2n) is 2.93. The highest BCUT2D eigenvalue weighted by Gasteiger charge is 1.92. The molecule has 1 aromatic carbocycles. The number of rotatable bonds is 5. The fourth-order valence-corrected chi connectivity index (χ4v) is 0.965. The Kier molecular flexibility index (Phi) is 8.00. The van der Waals surface area contributed by atoms with E-state index in [1.165, 1.54) is 0 Å². The number of aliphatic hydroxyl groups excluding tert-OH is 1. The van der Waals surface area contributed by atoms with Crippen LogP contribution in [0.2, 0.25) is 0 Å². The van der Waals surface area contributed by atoms with Crippen molar-refractivity contribution in [2.45, 2.75) is 0 Å². The predicted molar refractivity (Wildman–Crippen MR) is 65.9 cm³/mol. The maximum atomic E-state index is 8.74. The van der Waals surface area contributed by atoms with Gasteiger partial charge >= 0.3 is 10.4 Å². The fourth-order valence-electron chi connectivity index (χ4n) is 0.965. The van der Waals surface area contributed by atoms with Gasteiger partial charge in [-0.2, -0.15) is 8.42 Å². The Morgan fingerprint density at radius 1 is 1.22 bits per heavy atom. The molecule has 0 atom stereocenters. The van der Waals surface area contributed by atoms with Crippen molar-refractivity contribution in [1.29, 1.82) is 0 Å². The Balaban J connectivity index is 0.000000494. The molecular formula is C9H16N2O6S. The van der Waals surface area contributed by atoms with Crippen molar-refractivity contribution in [3.63, 3.8) is 0 Å². The smallest absolute Gasteiger partial charge is 0.394 e. The summed E-state index contributed by atoms with van der Waals surface area (Å²) in [5.41, 5.74) is 6.16. The van der Waals surface area contributed by atoms with Crippen molar-refractivity contribution in [3.05, 3.63) is 24.3 Å². The maximum Gasteiger partial charge on any atom is 0.394 e. The van der Waals surface area contributed by atoms with Gasteiger partial charge in [0.15, 0.2) is 0 Å². The van der Waals surface area contributed by atoms with Gasteiger partial charge in [0.2, 0.25) is 0 Å². The van der Waals surface area contributed by atoms with Gasteiger partial charge in [-0.1, -0.05) is 0 Å². The van der Waals surface area contributed by atoms with E-state index in [9.17, 15) is 0 Å². The number of benzene rings is 1.